The molecule has 0 bridgehead atoms. The second-order valence-electron chi connectivity index (χ2n) is 6.97. The van der Waals surface area contributed by atoms with Gasteiger partial charge in [0.15, 0.2) is 0 Å². The van der Waals surface area contributed by atoms with Crippen molar-refractivity contribution < 1.29 is 19.4 Å². The molecular formula is C19H25NO4. The second kappa shape index (κ2) is 7.62. The molecule has 24 heavy (non-hydrogen) atoms. The predicted molar refractivity (Wildman–Crippen MR) is 93.0 cm³/mol. The molecule has 1 amide bonds. The Bertz CT molecular complexity index is 643. The standard InChI is InChI=1S/C19H25NO4/c1-19(2,3)24-11-10-16(18(22)23)20-17(21)15-9-8-13-6-4-5-7-14(13)12-15/h4,6,8-9,12,16H,5,7,10-11H2,1-3H3,(H,20,21)(H,22,23). The summed E-state index contributed by atoms with van der Waals surface area (Å²) in [5.41, 5.74) is 2.39. The summed E-state index contributed by atoms with van der Waals surface area (Å²) in [6.07, 6.45) is 6.24. The SMILES string of the molecule is CC(C)(C)OCCC(NC(=O)c1ccc2c(c1)CCC=C2)C(=O)O. The Morgan fingerprint density at radius 3 is 2.75 bits per heavy atom. The highest BCUT2D eigenvalue weighted by atomic mass is 16.5. The van der Waals surface area contributed by atoms with E-state index in [0.29, 0.717) is 5.56 Å². The fraction of sp³-hybridized carbons (Fsp3) is 0.474. The van der Waals surface area contributed by atoms with E-state index in [1.807, 2.05) is 39.0 Å². The molecule has 130 valence electrons. The van der Waals surface area contributed by atoms with Crippen LogP contribution in [0.5, 0.6) is 0 Å². The van der Waals surface area contributed by atoms with Gasteiger partial charge in [0.25, 0.3) is 5.91 Å². The summed E-state index contributed by atoms with van der Waals surface area (Å²) in [4.78, 5) is 23.7. The number of fused-ring (bicyclic) bond motifs is 1. The number of nitrogens with one attached hydrogen (secondary N) is 1. The van der Waals surface area contributed by atoms with E-state index in [4.69, 9.17) is 4.74 Å². The molecule has 0 aliphatic heterocycles. The number of allylic oxidation sites excluding steroid dienone is 1. The Morgan fingerprint density at radius 2 is 2.08 bits per heavy atom. The molecule has 2 rings (SSSR count). The van der Waals surface area contributed by atoms with Crippen molar-refractivity contribution in [1.29, 1.82) is 0 Å². The predicted octanol–water partition coefficient (Wildman–Crippen LogP) is 3.03. The second-order valence-corrected chi connectivity index (χ2v) is 6.97. The van der Waals surface area contributed by atoms with Crippen LogP contribution in [0.15, 0.2) is 24.3 Å². The highest BCUT2D eigenvalue weighted by Crippen LogP contribution is 2.20. The first-order valence-corrected chi connectivity index (χ1v) is 8.23. The van der Waals surface area contributed by atoms with E-state index in [2.05, 4.69) is 11.4 Å². The molecule has 1 aromatic carbocycles. The van der Waals surface area contributed by atoms with Gasteiger partial charge in [0.1, 0.15) is 6.04 Å². The van der Waals surface area contributed by atoms with Crippen molar-refractivity contribution in [3.8, 4) is 0 Å². The maximum Gasteiger partial charge on any atom is 0.326 e. The molecule has 1 unspecified atom stereocenters. The van der Waals surface area contributed by atoms with Crippen LogP contribution in [-0.2, 0) is 16.0 Å². The van der Waals surface area contributed by atoms with E-state index in [1.165, 1.54) is 0 Å². The van der Waals surface area contributed by atoms with Gasteiger partial charge in [0, 0.05) is 18.6 Å². The third-order valence-corrected chi connectivity index (χ3v) is 3.83. The number of carboxylic acid groups (broad SMARTS) is 1. The lowest BCUT2D eigenvalue weighted by molar-refractivity contribution is -0.140. The minimum absolute atomic E-state index is 0.228. The Kier molecular flexibility index (Phi) is 5.78. The molecular weight excluding hydrogens is 306 g/mol. The smallest absolute Gasteiger partial charge is 0.326 e. The van der Waals surface area contributed by atoms with Crippen LogP contribution in [-0.4, -0.2) is 35.2 Å². The Labute approximate surface area is 142 Å². The molecule has 0 aromatic heterocycles. The van der Waals surface area contributed by atoms with Gasteiger partial charge >= 0.3 is 5.97 Å². The van der Waals surface area contributed by atoms with E-state index in [0.717, 1.165) is 24.0 Å². The summed E-state index contributed by atoms with van der Waals surface area (Å²) in [7, 11) is 0. The zero-order valence-electron chi connectivity index (χ0n) is 14.5. The number of hydrogen-bond acceptors (Lipinski definition) is 3. The minimum atomic E-state index is -1.05. The van der Waals surface area contributed by atoms with Gasteiger partial charge in [-0.25, -0.2) is 4.79 Å². The fourth-order valence-corrected chi connectivity index (χ4v) is 2.56. The quantitative estimate of drug-likeness (QED) is 0.840. The van der Waals surface area contributed by atoms with Crippen LogP contribution < -0.4 is 5.32 Å². The zero-order chi connectivity index (χ0) is 17.7. The van der Waals surface area contributed by atoms with Crippen molar-refractivity contribution >= 4 is 18.0 Å². The van der Waals surface area contributed by atoms with Gasteiger partial charge in [-0.3, -0.25) is 4.79 Å². The van der Waals surface area contributed by atoms with Crippen molar-refractivity contribution in [2.75, 3.05) is 6.61 Å². The van der Waals surface area contributed by atoms with Gasteiger partial charge in [0.2, 0.25) is 0 Å². The lowest BCUT2D eigenvalue weighted by Gasteiger charge is -2.21. The molecule has 2 N–H and O–H groups in total. The Balaban J connectivity index is 2.00. The van der Waals surface area contributed by atoms with Gasteiger partial charge in [-0.05, 0) is 56.9 Å². The number of rotatable bonds is 6. The normalized spacial score (nSPS) is 14.8. The van der Waals surface area contributed by atoms with E-state index < -0.39 is 12.0 Å². The van der Waals surface area contributed by atoms with Crippen LogP contribution in [0.2, 0.25) is 0 Å². The zero-order valence-corrected chi connectivity index (χ0v) is 14.5. The topological polar surface area (TPSA) is 75.6 Å². The number of aryl methyl sites for hydroxylation is 1. The molecule has 0 radical (unpaired) electrons. The first kappa shape index (κ1) is 18.2. The third kappa shape index (κ3) is 5.20. The molecule has 1 atom stereocenters. The molecule has 0 spiro atoms. The Morgan fingerprint density at radius 1 is 1.33 bits per heavy atom. The highest BCUT2D eigenvalue weighted by Gasteiger charge is 2.22. The monoisotopic (exact) mass is 331 g/mol. The van der Waals surface area contributed by atoms with Crippen molar-refractivity contribution in [1.82, 2.24) is 5.32 Å². The summed E-state index contributed by atoms with van der Waals surface area (Å²) in [6.45, 7) is 5.99. The third-order valence-electron chi connectivity index (χ3n) is 3.83. The van der Waals surface area contributed by atoms with Crippen LogP contribution in [0, 0.1) is 0 Å². The van der Waals surface area contributed by atoms with Gasteiger partial charge in [-0.2, -0.15) is 0 Å². The fourth-order valence-electron chi connectivity index (χ4n) is 2.56. The lowest BCUT2D eigenvalue weighted by atomic mass is 9.95. The largest absolute Gasteiger partial charge is 0.480 e. The van der Waals surface area contributed by atoms with Gasteiger partial charge in [-0.15, -0.1) is 0 Å². The number of amides is 1. The molecule has 1 aliphatic rings. The molecule has 0 saturated heterocycles. The first-order chi connectivity index (χ1) is 11.3. The lowest BCUT2D eigenvalue weighted by Crippen LogP contribution is -2.42. The summed E-state index contributed by atoms with van der Waals surface area (Å²) in [5, 5.41) is 11.9. The van der Waals surface area contributed by atoms with Crippen LogP contribution in [0.1, 0.15) is 55.1 Å². The Hall–Kier alpha value is -2.14. The average Bonchev–Trinajstić information content (AvgIpc) is 2.52. The van der Waals surface area contributed by atoms with Gasteiger partial charge < -0.3 is 15.2 Å². The molecule has 1 aromatic rings. The van der Waals surface area contributed by atoms with E-state index >= 15 is 0 Å². The number of benzene rings is 1. The minimum Gasteiger partial charge on any atom is -0.480 e. The molecule has 0 heterocycles. The van der Waals surface area contributed by atoms with Gasteiger partial charge in [-0.1, -0.05) is 18.2 Å². The van der Waals surface area contributed by atoms with Crippen molar-refractivity contribution in [2.24, 2.45) is 0 Å². The average molecular weight is 331 g/mol. The number of aliphatic carboxylic acids is 1. The van der Waals surface area contributed by atoms with Crippen LogP contribution in [0.25, 0.3) is 6.08 Å². The van der Waals surface area contributed by atoms with Crippen molar-refractivity contribution in [3.05, 3.63) is 41.0 Å². The number of hydrogen-bond donors (Lipinski definition) is 2. The molecule has 1 aliphatic carbocycles. The summed E-state index contributed by atoms with van der Waals surface area (Å²) in [5.74, 6) is -1.42. The van der Waals surface area contributed by atoms with E-state index in [1.54, 1.807) is 6.07 Å². The number of carboxylic acids is 1. The van der Waals surface area contributed by atoms with Crippen LogP contribution in [0.3, 0.4) is 0 Å². The number of ether oxygens (including phenoxy) is 1. The van der Waals surface area contributed by atoms with Crippen LogP contribution >= 0.6 is 0 Å². The van der Waals surface area contributed by atoms with E-state index in [-0.39, 0.29) is 24.5 Å². The maximum atomic E-state index is 12.4. The molecule has 5 heteroatoms. The highest BCUT2D eigenvalue weighted by molar-refractivity contribution is 5.97. The summed E-state index contributed by atoms with van der Waals surface area (Å²) in [6, 6.07) is 4.52. The number of carbonyl (C=O) groups excluding carboxylic acids is 1. The maximum absolute atomic E-state index is 12.4. The summed E-state index contributed by atoms with van der Waals surface area (Å²) < 4.78 is 5.55. The van der Waals surface area contributed by atoms with Crippen molar-refractivity contribution in [2.45, 2.75) is 51.7 Å². The van der Waals surface area contributed by atoms with Crippen LogP contribution in [0.4, 0.5) is 0 Å². The van der Waals surface area contributed by atoms with E-state index in [9.17, 15) is 14.7 Å². The number of carbonyl (C=O) groups is 2. The van der Waals surface area contributed by atoms with Crippen molar-refractivity contribution in [3.63, 3.8) is 0 Å². The molecule has 0 saturated carbocycles. The van der Waals surface area contributed by atoms with Gasteiger partial charge in [0.05, 0.1) is 5.60 Å². The molecule has 5 nitrogen and oxygen atoms in total. The summed E-state index contributed by atoms with van der Waals surface area (Å²) >= 11 is 0. The first-order valence-electron chi connectivity index (χ1n) is 8.23. The molecule has 0 fully saturated rings.